The predicted molar refractivity (Wildman–Crippen MR) is 97.0 cm³/mol. The highest BCUT2D eigenvalue weighted by atomic mass is 19.2. The van der Waals surface area contributed by atoms with Crippen LogP contribution >= 0.6 is 0 Å². The van der Waals surface area contributed by atoms with Crippen molar-refractivity contribution in [2.75, 3.05) is 26.4 Å². The molecule has 0 unspecified atom stereocenters. The van der Waals surface area contributed by atoms with Crippen LogP contribution in [-0.2, 0) is 18.9 Å². The molecule has 2 heterocycles. The van der Waals surface area contributed by atoms with Crippen molar-refractivity contribution in [3.8, 4) is 0 Å². The van der Waals surface area contributed by atoms with E-state index < -0.39 is 17.9 Å². The van der Waals surface area contributed by atoms with Gasteiger partial charge in [0.2, 0.25) is 0 Å². The van der Waals surface area contributed by atoms with Gasteiger partial charge in [0.1, 0.15) is 0 Å². The van der Waals surface area contributed by atoms with Gasteiger partial charge in [-0.1, -0.05) is 31.6 Å². The summed E-state index contributed by atoms with van der Waals surface area (Å²) < 4.78 is 49.3. The second-order valence-electron chi connectivity index (χ2n) is 7.19. The first kappa shape index (κ1) is 20.4. The van der Waals surface area contributed by atoms with E-state index in [4.69, 9.17) is 18.9 Å². The summed E-state index contributed by atoms with van der Waals surface area (Å²) in [4.78, 5) is 0. The zero-order valence-electron chi connectivity index (χ0n) is 15.7. The Kier molecular flexibility index (Phi) is 7.76. The molecule has 0 radical (unpaired) electrons. The standard InChI is InChI=1S/C21H28F2O4/c1-2-3-4-5-15-11-24-20(25-12-15)9-6-16-13-26-21(27-14-16)17-7-8-18(22)19(23)10-17/h4-5,7-8,10,15-16,20-21H,2-3,6,9,11-14H2,1H3/t15-,16-,20-,21-. The third-order valence-corrected chi connectivity index (χ3v) is 4.85. The van der Waals surface area contributed by atoms with Gasteiger partial charge in [0.15, 0.2) is 24.2 Å². The number of ether oxygens (including phenoxy) is 4. The molecule has 0 aliphatic carbocycles. The Morgan fingerprint density at radius 2 is 1.70 bits per heavy atom. The quantitative estimate of drug-likeness (QED) is 0.638. The van der Waals surface area contributed by atoms with Crippen molar-refractivity contribution in [2.24, 2.45) is 11.8 Å². The lowest BCUT2D eigenvalue weighted by Gasteiger charge is -2.32. The molecule has 2 fully saturated rings. The van der Waals surface area contributed by atoms with E-state index in [0.29, 0.717) is 37.9 Å². The molecule has 0 aromatic heterocycles. The molecule has 0 atom stereocenters. The molecule has 6 heteroatoms. The number of unbranched alkanes of at least 4 members (excludes halogenated alkanes) is 1. The third-order valence-electron chi connectivity index (χ3n) is 4.85. The van der Waals surface area contributed by atoms with Gasteiger partial charge in [0.05, 0.1) is 26.4 Å². The maximum atomic E-state index is 13.3. The maximum absolute atomic E-state index is 13.3. The van der Waals surface area contributed by atoms with Gasteiger partial charge < -0.3 is 18.9 Å². The molecule has 0 saturated carbocycles. The van der Waals surface area contributed by atoms with E-state index in [0.717, 1.165) is 37.8 Å². The highest BCUT2D eigenvalue weighted by Gasteiger charge is 2.26. The van der Waals surface area contributed by atoms with Gasteiger partial charge in [-0.2, -0.15) is 0 Å². The Balaban J connectivity index is 1.35. The van der Waals surface area contributed by atoms with Gasteiger partial charge >= 0.3 is 0 Å². The Hall–Kier alpha value is -1.34. The molecule has 0 N–H and O–H groups in total. The molecule has 0 spiro atoms. The fourth-order valence-corrected chi connectivity index (χ4v) is 3.22. The van der Waals surface area contributed by atoms with Crippen molar-refractivity contribution in [1.82, 2.24) is 0 Å². The van der Waals surface area contributed by atoms with E-state index in [-0.39, 0.29) is 12.2 Å². The topological polar surface area (TPSA) is 36.9 Å². The smallest absolute Gasteiger partial charge is 0.183 e. The van der Waals surface area contributed by atoms with E-state index in [1.807, 2.05) is 0 Å². The highest BCUT2D eigenvalue weighted by molar-refractivity contribution is 5.19. The molecule has 2 aliphatic rings. The van der Waals surface area contributed by atoms with E-state index in [2.05, 4.69) is 19.1 Å². The third kappa shape index (κ3) is 6.07. The van der Waals surface area contributed by atoms with Crippen molar-refractivity contribution in [3.05, 3.63) is 47.5 Å². The molecule has 0 bridgehead atoms. The molecule has 1 aromatic carbocycles. The summed E-state index contributed by atoms with van der Waals surface area (Å²) in [6.07, 6.45) is 7.45. The van der Waals surface area contributed by atoms with Crippen LogP contribution in [0, 0.1) is 23.5 Å². The first-order valence-corrected chi connectivity index (χ1v) is 9.73. The van der Waals surface area contributed by atoms with Gasteiger partial charge in [0.25, 0.3) is 0 Å². The number of allylic oxidation sites excluding steroid dienone is 1. The summed E-state index contributed by atoms with van der Waals surface area (Å²) in [5, 5.41) is 0. The summed E-state index contributed by atoms with van der Waals surface area (Å²) in [5.74, 6) is -1.19. The fourth-order valence-electron chi connectivity index (χ4n) is 3.22. The number of rotatable bonds is 7. The summed E-state index contributed by atoms with van der Waals surface area (Å²) in [7, 11) is 0. The van der Waals surface area contributed by atoms with Crippen molar-refractivity contribution in [3.63, 3.8) is 0 Å². The summed E-state index contributed by atoms with van der Waals surface area (Å²) >= 11 is 0. The largest absolute Gasteiger partial charge is 0.352 e. The SMILES string of the molecule is CCCC=C[C@H]1CO[C@H](CC[C@H]2CO[C@H](c3ccc(F)c(F)c3)OC2)OC1. The molecule has 2 saturated heterocycles. The number of benzene rings is 1. The summed E-state index contributed by atoms with van der Waals surface area (Å²) in [6.45, 7) is 4.58. The Morgan fingerprint density at radius 3 is 2.37 bits per heavy atom. The minimum absolute atomic E-state index is 0.176. The molecule has 4 nitrogen and oxygen atoms in total. The van der Waals surface area contributed by atoms with Crippen LogP contribution in [0.2, 0.25) is 0 Å². The molecule has 150 valence electrons. The van der Waals surface area contributed by atoms with E-state index in [9.17, 15) is 8.78 Å². The molecular formula is C21H28F2O4. The Bertz CT molecular complexity index is 606. The van der Waals surface area contributed by atoms with E-state index in [1.165, 1.54) is 6.07 Å². The normalized spacial score (nSPS) is 29.3. The van der Waals surface area contributed by atoms with Crippen LogP contribution in [0.3, 0.4) is 0 Å². The Labute approximate surface area is 159 Å². The van der Waals surface area contributed by atoms with Crippen molar-refractivity contribution >= 4 is 0 Å². The second kappa shape index (κ2) is 10.3. The van der Waals surface area contributed by atoms with Crippen LogP contribution in [0.4, 0.5) is 8.78 Å². The minimum Gasteiger partial charge on any atom is -0.352 e. The zero-order chi connectivity index (χ0) is 19.1. The predicted octanol–water partition coefficient (Wildman–Crippen LogP) is 4.75. The lowest BCUT2D eigenvalue weighted by molar-refractivity contribution is -0.217. The Morgan fingerprint density at radius 1 is 0.963 bits per heavy atom. The van der Waals surface area contributed by atoms with Crippen molar-refractivity contribution in [2.45, 2.75) is 45.2 Å². The summed E-state index contributed by atoms with van der Waals surface area (Å²) in [6, 6.07) is 3.69. The molecular weight excluding hydrogens is 354 g/mol. The molecule has 0 amide bonds. The minimum atomic E-state index is -0.892. The van der Waals surface area contributed by atoms with E-state index >= 15 is 0 Å². The van der Waals surface area contributed by atoms with Gasteiger partial charge in [-0.15, -0.1) is 0 Å². The van der Waals surface area contributed by atoms with Crippen molar-refractivity contribution in [1.29, 1.82) is 0 Å². The average Bonchev–Trinajstić information content (AvgIpc) is 2.70. The maximum Gasteiger partial charge on any atom is 0.183 e. The van der Waals surface area contributed by atoms with Crippen molar-refractivity contribution < 1.29 is 27.7 Å². The first-order chi connectivity index (χ1) is 13.2. The van der Waals surface area contributed by atoms with Crippen LogP contribution in [0.25, 0.3) is 0 Å². The fraction of sp³-hybridized carbons (Fsp3) is 0.619. The number of hydrogen-bond donors (Lipinski definition) is 0. The van der Waals surface area contributed by atoms with E-state index in [1.54, 1.807) is 0 Å². The molecule has 1 aromatic rings. The summed E-state index contributed by atoms with van der Waals surface area (Å²) in [5.41, 5.74) is 0.494. The molecule has 3 rings (SSSR count). The second-order valence-corrected chi connectivity index (χ2v) is 7.19. The van der Waals surface area contributed by atoms with Gasteiger partial charge in [0, 0.05) is 17.4 Å². The zero-order valence-corrected chi connectivity index (χ0v) is 15.7. The molecule has 2 aliphatic heterocycles. The lowest BCUT2D eigenvalue weighted by Crippen LogP contribution is -2.33. The van der Waals surface area contributed by atoms with Gasteiger partial charge in [-0.3, -0.25) is 0 Å². The highest BCUT2D eigenvalue weighted by Crippen LogP contribution is 2.28. The van der Waals surface area contributed by atoms with Crippen LogP contribution in [0.5, 0.6) is 0 Å². The van der Waals surface area contributed by atoms with Crippen LogP contribution < -0.4 is 0 Å². The lowest BCUT2D eigenvalue weighted by atomic mass is 10.0. The average molecular weight is 382 g/mol. The van der Waals surface area contributed by atoms with Crippen LogP contribution in [0.15, 0.2) is 30.4 Å². The van der Waals surface area contributed by atoms with Gasteiger partial charge in [-0.25, -0.2) is 8.78 Å². The number of hydrogen-bond acceptors (Lipinski definition) is 4. The molecule has 27 heavy (non-hydrogen) atoms. The first-order valence-electron chi connectivity index (χ1n) is 9.73. The van der Waals surface area contributed by atoms with Gasteiger partial charge in [-0.05, 0) is 31.4 Å². The van der Waals surface area contributed by atoms with Crippen LogP contribution in [-0.4, -0.2) is 32.7 Å². The number of halogens is 2. The van der Waals surface area contributed by atoms with Crippen LogP contribution in [0.1, 0.15) is 44.5 Å². The monoisotopic (exact) mass is 382 g/mol.